The maximum absolute atomic E-state index is 11.5. The molecule has 1 amide bonds. The van der Waals surface area contributed by atoms with E-state index >= 15 is 0 Å². The highest BCUT2D eigenvalue weighted by molar-refractivity contribution is 5.80. The van der Waals surface area contributed by atoms with Crippen molar-refractivity contribution in [3.63, 3.8) is 0 Å². The third kappa shape index (κ3) is 2.86. The molecule has 2 atom stereocenters. The summed E-state index contributed by atoms with van der Waals surface area (Å²) in [5.41, 5.74) is 2.76. The number of carbonyl (C=O) groups is 1. The summed E-state index contributed by atoms with van der Waals surface area (Å²) in [5.74, 6) is 0.439. The van der Waals surface area contributed by atoms with Crippen molar-refractivity contribution in [1.82, 2.24) is 5.32 Å². The van der Waals surface area contributed by atoms with E-state index in [1.165, 1.54) is 0 Å². The first-order chi connectivity index (χ1) is 9.99. The molecule has 0 aromatic heterocycles. The van der Waals surface area contributed by atoms with Gasteiger partial charge in [-0.2, -0.15) is 5.26 Å². The minimum absolute atomic E-state index is 0.0218. The SMILES string of the molecule is CCOc1c(C(C)O)cc(C)c(C#N)c1C1CNC(=O)C1. The normalized spacial score (nSPS) is 19.0. The highest BCUT2D eigenvalue weighted by atomic mass is 16.5. The van der Waals surface area contributed by atoms with E-state index in [0.29, 0.717) is 36.4 Å². The third-order valence-corrected chi connectivity index (χ3v) is 3.78. The average molecular weight is 288 g/mol. The Labute approximate surface area is 124 Å². The van der Waals surface area contributed by atoms with Crippen LogP contribution < -0.4 is 10.1 Å². The molecule has 0 saturated carbocycles. The lowest BCUT2D eigenvalue weighted by atomic mass is 9.87. The van der Waals surface area contributed by atoms with Gasteiger partial charge in [0.05, 0.1) is 24.3 Å². The molecule has 1 heterocycles. The summed E-state index contributed by atoms with van der Waals surface area (Å²) in [7, 11) is 0. The zero-order chi connectivity index (χ0) is 15.6. The number of aliphatic hydroxyl groups excluding tert-OH is 1. The Hall–Kier alpha value is -2.06. The van der Waals surface area contributed by atoms with Gasteiger partial charge in [0, 0.05) is 30.0 Å². The number of nitrogens with one attached hydrogen (secondary N) is 1. The van der Waals surface area contributed by atoms with Gasteiger partial charge in [0.1, 0.15) is 5.75 Å². The molecule has 1 aliphatic rings. The van der Waals surface area contributed by atoms with E-state index < -0.39 is 6.10 Å². The molecule has 0 spiro atoms. The minimum atomic E-state index is -0.693. The zero-order valence-electron chi connectivity index (χ0n) is 12.6. The van der Waals surface area contributed by atoms with Crippen LogP contribution in [0.15, 0.2) is 6.07 Å². The maximum atomic E-state index is 11.5. The number of benzene rings is 1. The summed E-state index contributed by atoms with van der Waals surface area (Å²) in [4.78, 5) is 11.5. The van der Waals surface area contributed by atoms with Gasteiger partial charge in [0.2, 0.25) is 5.91 Å². The molecule has 5 nitrogen and oxygen atoms in total. The molecule has 5 heteroatoms. The Kier molecular flexibility index (Phi) is 4.49. The standard InChI is InChI=1S/C16H20N2O3/c1-4-21-16-12(10(3)19)5-9(2)13(7-17)15(16)11-6-14(20)18-8-11/h5,10-11,19H,4,6,8H2,1-3H3,(H,18,20). The van der Waals surface area contributed by atoms with Crippen molar-refractivity contribution in [1.29, 1.82) is 5.26 Å². The third-order valence-electron chi connectivity index (χ3n) is 3.78. The van der Waals surface area contributed by atoms with Gasteiger partial charge in [-0.25, -0.2) is 0 Å². The van der Waals surface area contributed by atoms with E-state index in [9.17, 15) is 15.2 Å². The first kappa shape index (κ1) is 15.3. The number of nitriles is 1. The van der Waals surface area contributed by atoms with Crippen LogP contribution in [0.1, 0.15) is 54.5 Å². The summed E-state index contributed by atoms with van der Waals surface area (Å²) in [6, 6.07) is 4.01. The Balaban J connectivity index is 2.67. The molecule has 1 aromatic rings. The average Bonchev–Trinajstić information content (AvgIpc) is 2.86. The summed E-state index contributed by atoms with van der Waals surface area (Å²) < 4.78 is 5.72. The molecule has 112 valence electrons. The van der Waals surface area contributed by atoms with Crippen LogP contribution in [-0.4, -0.2) is 24.2 Å². The molecule has 2 rings (SSSR count). The van der Waals surface area contributed by atoms with E-state index in [1.807, 2.05) is 13.8 Å². The van der Waals surface area contributed by atoms with Gasteiger partial charge in [0.25, 0.3) is 0 Å². The first-order valence-electron chi connectivity index (χ1n) is 7.14. The Morgan fingerprint density at radius 2 is 2.33 bits per heavy atom. The van der Waals surface area contributed by atoms with Crippen LogP contribution in [0.4, 0.5) is 0 Å². The van der Waals surface area contributed by atoms with Crippen molar-refractivity contribution in [3.05, 3.63) is 28.3 Å². The lowest BCUT2D eigenvalue weighted by Crippen LogP contribution is -2.15. The maximum Gasteiger partial charge on any atom is 0.220 e. The Bertz CT molecular complexity index is 603. The van der Waals surface area contributed by atoms with Crippen molar-refractivity contribution in [3.8, 4) is 11.8 Å². The predicted molar refractivity (Wildman–Crippen MR) is 78.1 cm³/mol. The molecule has 2 N–H and O–H groups in total. The number of aliphatic hydroxyl groups is 1. The largest absolute Gasteiger partial charge is 0.493 e. The van der Waals surface area contributed by atoms with Crippen LogP contribution in [0.5, 0.6) is 5.75 Å². The molecule has 1 aromatic carbocycles. The molecule has 0 aliphatic carbocycles. The Morgan fingerprint density at radius 3 is 2.81 bits per heavy atom. The highest BCUT2D eigenvalue weighted by Crippen LogP contribution is 2.40. The van der Waals surface area contributed by atoms with Gasteiger partial charge in [0.15, 0.2) is 0 Å². The molecule has 21 heavy (non-hydrogen) atoms. The van der Waals surface area contributed by atoms with Crippen LogP contribution >= 0.6 is 0 Å². The van der Waals surface area contributed by atoms with Gasteiger partial charge in [-0.1, -0.05) is 0 Å². The van der Waals surface area contributed by atoms with Crippen LogP contribution in [0.25, 0.3) is 0 Å². The fourth-order valence-corrected chi connectivity index (χ4v) is 2.82. The monoisotopic (exact) mass is 288 g/mol. The quantitative estimate of drug-likeness (QED) is 0.886. The fourth-order valence-electron chi connectivity index (χ4n) is 2.82. The fraction of sp³-hybridized carbons (Fsp3) is 0.500. The van der Waals surface area contributed by atoms with Crippen LogP contribution in [0.2, 0.25) is 0 Å². The number of amides is 1. The molecule has 0 radical (unpaired) electrons. The predicted octanol–water partition coefficient (Wildman–Crippen LogP) is 1.92. The van der Waals surface area contributed by atoms with Gasteiger partial charge in [-0.3, -0.25) is 4.79 Å². The van der Waals surface area contributed by atoms with E-state index in [0.717, 1.165) is 11.1 Å². The van der Waals surface area contributed by atoms with E-state index in [2.05, 4.69) is 11.4 Å². The van der Waals surface area contributed by atoms with Crippen LogP contribution in [0, 0.1) is 18.3 Å². The summed E-state index contributed by atoms with van der Waals surface area (Å²) in [6.07, 6.45) is -0.348. The minimum Gasteiger partial charge on any atom is -0.493 e. The van der Waals surface area contributed by atoms with Gasteiger partial charge in [-0.15, -0.1) is 0 Å². The van der Waals surface area contributed by atoms with E-state index in [1.54, 1.807) is 13.0 Å². The first-order valence-corrected chi connectivity index (χ1v) is 7.14. The van der Waals surface area contributed by atoms with Gasteiger partial charge >= 0.3 is 0 Å². The summed E-state index contributed by atoms with van der Waals surface area (Å²) >= 11 is 0. The second-order valence-corrected chi connectivity index (χ2v) is 5.33. The second kappa shape index (κ2) is 6.15. The molecule has 2 unspecified atom stereocenters. The zero-order valence-corrected chi connectivity index (χ0v) is 12.6. The van der Waals surface area contributed by atoms with Crippen LogP contribution in [0.3, 0.4) is 0 Å². The van der Waals surface area contributed by atoms with Crippen LogP contribution in [-0.2, 0) is 4.79 Å². The van der Waals surface area contributed by atoms with Gasteiger partial charge in [-0.05, 0) is 32.4 Å². The molecule has 1 aliphatic heterocycles. The number of hydrogen-bond donors (Lipinski definition) is 2. The van der Waals surface area contributed by atoms with E-state index in [4.69, 9.17) is 4.74 Å². The highest BCUT2D eigenvalue weighted by Gasteiger charge is 2.31. The van der Waals surface area contributed by atoms with Crippen molar-refractivity contribution < 1.29 is 14.6 Å². The van der Waals surface area contributed by atoms with E-state index in [-0.39, 0.29) is 11.8 Å². The van der Waals surface area contributed by atoms with Crippen molar-refractivity contribution in [2.45, 2.75) is 39.2 Å². The molecule has 1 saturated heterocycles. The van der Waals surface area contributed by atoms with Crippen molar-refractivity contribution in [2.24, 2.45) is 0 Å². The Morgan fingerprint density at radius 1 is 1.62 bits per heavy atom. The lowest BCUT2D eigenvalue weighted by molar-refractivity contribution is -0.119. The van der Waals surface area contributed by atoms with Gasteiger partial charge < -0.3 is 15.2 Å². The molecular weight excluding hydrogens is 268 g/mol. The number of rotatable bonds is 4. The number of nitrogens with zero attached hydrogens (tertiary/aromatic N) is 1. The number of carbonyl (C=O) groups excluding carboxylic acids is 1. The number of aryl methyl sites for hydroxylation is 1. The smallest absolute Gasteiger partial charge is 0.220 e. The lowest BCUT2D eigenvalue weighted by Gasteiger charge is -2.22. The number of ether oxygens (including phenoxy) is 1. The van der Waals surface area contributed by atoms with Crippen molar-refractivity contribution in [2.75, 3.05) is 13.2 Å². The second-order valence-electron chi connectivity index (χ2n) is 5.33. The molecular formula is C16H20N2O3. The number of hydrogen-bond acceptors (Lipinski definition) is 4. The summed E-state index contributed by atoms with van der Waals surface area (Å²) in [5, 5.41) is 22.3. The topological polar surface area (TPSA) is 82.3 Å². The summed E-state index contributed by atoms with van der Waals surface area (Å²) in [6.45, 7) is 6.31. The molecule has 0 bridgehead atoms. The molecule has 1 fully saturated rings. The van der Waals surface area contributed by atoms with Crippen molar-refractivity contribution >= 4 is 5.91 Å².